The van der Waals surface area contributed by atoms with Crippen molar-refractivity contribution in [2.75, 3.05) is 0 Å². The predicted molar refractivity (Wildman–Crippen MR) is 80.3 cm³/mol. The molecule has 1 aromatic carbocycles. The van der Waals surface area contributed by atoms with Gasteiger partial charge in [0.1, 0.15) is 0 Å². The minimum Gasteiger partial charge on any atom is -0.288 e. The summed E-state index contributed by atoms with van der Waals surface area (Å²) in [5.74, 6) is 0.849. The van der Waals surface area contributed by atoms with E-state index in [0.29, 0.717) is 5.92 Å². The molecule has 0 amide bonds. The van der Waals surface area contributed by atoms with Crippen LogP contribution in [0.15, 0.2) is 30.3 Å². The molecule has 0 saturated heterocycles. The lowest BCUT2D eigenvalue weighted by molar-refractivity contribution is 0.104. The smallest absolute Gasteiger partial charge is 0.202 e. The van der Waals surface area contributed by atoms with Gasteiger partial charge in [0.25, 0.3) is 0 Å². The summed E-state index contributed by atoms with van der Waals surface area (Å²) in [6.45, 7) is 4.13. The fourth-order valence-corrected chi connectivity index (χ4v) is 3.50. The van der Waals surface area contributed by atoms with Crippen LogP contribution >= 0.6 is 11.3 Å². The average Bonchev–Trinajstić information content (AvgIpc) is 2.67. The molecule has 0 bridgehead atoms. The van der Waals surface area contributed by atoms with Gasteiger partial charge in [0, 0.05) is 10.4 Å². The number of rotatable bonds is 3. The molecule has 0 spiro atoms. The first-order chi connectivity index (χ1) is 9.15. The molecule has 0 unspecified atom stereocenters. The van der Waals surface area contributed by atoms with E-state index in [4.69, 9.17) is 0 Å². The van der Waals surface area contributed by atoms with Gasteiger partial charge in [-0.25, -0.2) is 0 Å². The van der Waals surface area contributed by atoms with Crippen molar-refractivity contribution >= 4 is 17.1 Å². The van der Waals surface area contributed by atoms with E-state index in [1.807, 2.05) is 18.2 Å². The van der Waals surface area contributed by atoms with Gasteiger partial charge in [-0.2, -0.15) is 0 Å². The number of hydrogen-bond acceptors (Lipinski definition) is 2. The van der Waals surface area contributed by atoms with Gasteiger partial charge in [-0.05, 0) is 55.9 Å². The molecule has 1 nitrogen and oxygen atoms in total. The number of benzene rings is 1. The van der Waals surface area contributed by atoms with Gasteiger partial charge < -0.3 is 0 Å². The highest BCUT2D eigenvalue weighted by molar-refractivity contribution is 7.14. The Morgan fingerprint density at radius 2 is 2.00 bits per heavy atom. The first-order valence-corrected chi connectivity index (χ1v) is 7.68. The molecule has 0 aliphatic heterocycles. The van der Waals surface area contributed by atoms with Gasteiger partial charge in [-0.15, -0.1) is 11.3 Å². The summed E-state index contributed by atoms with van der Waals surface area (Å²) in [6, 6.07) is 10.2. The molecule has 2 heteroatoms. The van der Waals surface area contributed by atoms with Crippen molar-refractivity contribution in [2.45, 2.75) is 39.0 Å². The molecule has 0 N–H and O–H groups in total. The number of aryl methyl sites for hydroxylation is 2. The summed E-state index contributed by atoms with van der Waals surface area (Å²) in [5.41, 5.74) is 3.39. The first-order valence-electron chi connectivity index (χ1n) is 6.87. The molecule has 1 aliphatic carbocycles. The van der Waals surface area contributed by atoms with E-state index in [1.54, 1.807) is 11.3 Å². The van der Waals surface area contributed by atoms with E-state index in [-0.39, 0.29) is 5.78 Å². The largest absolute Gasteiger partial charge is 0.288 e. The molecule has 0 radical (unpaired) electrons. The summed E-state index contributed by atoms with van der Waals surface area (Å²) < 4.78 is 0. The van der Waals surface area contributed by atoms with E-state index in [1.165, 1.54) is 35.3 Å². The minimum absolute atomic E-state index is 0.169. The lowest BCUT2D eigenvalue weighted by Gasteiger charge is -2.26. The minimum atomic E-state index is 0.169. The number of hydrogen-bond donors (Lipinski definition) is 0. The number of carbonyl (C=O) groups is 1. The van der Waals surface area contributed by atoms with Crippen LogP contribution in [0.5, 0.6) is 0 Å². The van der Waals surface area contributed by atoms with Crippen LogP contribution in [-0.4, -0.2) is 5.78 Å². The third-order valence-electron chi connectivity index (χ3n) is 4.12. The van der Waals surface area contributed by atoms with Gasteiger partial charge in [-0.1, -0.05) is 24.6 Å². The molecule has 1 aromatic heterocycles. The van der Waals surface area contributed by atoms with Crippen LogP contribution in [0.4, 0.5) is 0 Å². The Morgan fingerprint density at radius 1 is 1.21 bits per heavy atom. The average molecular weight is 270 g/mol. The molecule has 1 aliphatic rings. The van der Waals surface area contributed by atoms with Gasteiger partial charge in [-0.3, -0.25) is 4.79 Å². The highest BCUT2D eigenvalue weighted by Gasteiger charge is 2.21. The Morgan fingerprint density at radius 3 is 2.58 bits per heavy atom. The Kier molecular flexibility index (Phi) is 3.28. The number of thiophene rings is 1. The molecule has 1 saturated carbocycles. The zero-order valence-electron chi connectivity index (χ0n) is 11.4. The molecule has 0 atom stereocenters. The van der Waals surface area contributed by atoms with E-state index < -0.39 is 0 Å². The summed E-state index contributed by atoms with van der Waals surface area (Å²) in [5, 5.41) is 0. The van der Waals surface area contributed by atoms with E-state index in [9.17, 15) is 4.79 Å². The van der Waals surface area contributed by atoms with Crippen LogP contribution in [0.3, 0.4) is 0 Å². The SMILES string of the molecule is Cc1cc(C(=O)c2cccc(C3CCC3)c2)sc1C. The molecular formula is C17H18OS. The van der Waals surface area contributed by atoms with Gasteiger partial charge in [0.2, 0.25) is 5.78 Å². The van der Waals surface area contributed by atoms with Crippen LogP contribution < -0.4 is 0 Å². The summed E-state index contributed by atoms with van der Waals surface area (Å²) in [4.78, 5) is 14.6. The molecule has 2 aromatic rings. The quantitative estimate of drug-likeness (QED) is 0.728. The maximum Gasteiger partial charge on any atom is 0.202 e. The van der Waals surface area contributed by atoms with Gasteiger partial charge in [0.05, 0.1) is 4.88 Å². The topological polar surface area (TPSA) is 17.1 Å². The standard InChI is InChI=1S/C17H18OS/c1-11-9-16(19-12(11)2)17(18)15-8-4-7-14(10-15)13-5-3-6-13/h4,7-10,13H,3,5-6H2,1-2H3. The first kappa shape index (κ1) is 12.6. The van der Waals surface area contributed by atoms with E-state index in [0.717, 1.165) is 10.4 Å². The molecule has 1 heterocycles. The lowest BCUT2D eigenvalue weighted by Crippen LogP contribution is -2.09. The Balaban J connectivity index is 1.90. The van der Waals surface area contributed by atoms with Crippen molar-refractivity contribution in [3.8, 4) is 0 Å². The summed E-state index contributed by atoms with van der Waals surface area (Å²) >= 11 is 1.60. The van der Waals surface area contributed by atoms with Crippen molar-refractivity contribution < 1.29 is 4.79 Å². The van der Waals surface area contributed by atoms with Crippen molar-refractivity contribution in [3.05, 3.63) is 56.8 Å². The fourth-order valence-electron chi connectivity index (χ4n) is 2.50. The van der Waals surface area contributed by atoms with E-state index in [2.05, 4.69) is 26.0 Å². The maximum atomic E-state index is 12.5. The molecule has 1 fully saturated rings. The van der Waals surface area contributed by atoms with Gasteiger partial charge >= 0.3 is 0 Å². The van der Waals surface area contributed by atoms with Crippen LogP contribution in [0, 0.1) is 13.8 Å². The van der Waals surface area contributed by atoms with Crippen molar-refractivity contribution in [1.82, 2.24) is 0 Å². The van der Waals surface area contributed by atoms with Crippen molar-refractivity contribution in [1.29, 1.82) is 0 Å². The number of carbonyl (C=O) groups excluding carboxylic acids is 1. The Bertz CT molecular complexity index is 600. The van der Waals surface area contributed by atoms with Crippen LogP contribution in [0.1, 0.15) is 56.4 Å². The normalized spacial score (nSPS) is 15.3. The molecular weight excluding hydrogens is 252 g/mol. The number of ketones is 1. The lowest BCUT2D eigenvalue weighted by atomic mass is 9.79. The zero-order valence-corrected chi connectivity index (χ0v) is 12.2. The van der Waals surface area contributed by atoms with Crippen LogP contribution in [0.25, 0.3) is 0 Å². The Labute approximate surface area is 118 Å². The predicted octanol–water partition coefficient (Wildman–Crippen LogP) is 4.86. The monoisotopic (exact) mass is 270 g/mol. The highest BCUT2D eigenvalue weighted by Crippen LogP contribution is 2.36. The maximum absolute atomic E-state index is 12.5. The second kappa shape index (κ2) is 4.93. The van der Waals surface area contributed by atoms with Gasteiger partial charge in [0.15, 0.2) is 0 Å². The van der Waals surface area contributed by atoms with Crippen LogP contribution in [0.2, 0.25) is 0 Å². The highest BCUT2D eigenvalue weighted by atomic mass is 32.1. The van der Waals surface area contributed by atoms with Crippen molar-refractivity contribution in [3.63, 3.8) is 0 Å². The molecule has 98 valence electrons. The third-order valence-corrected chi connectivity index (χ3v) is 5.27. The fraction of sp³-hybridized carbons (Fsp3) is 0.353. The zero-order chi connectivity index (χ0) is 13.4. The third kappa shape index (κ3) is 2.37. The Hall–Kier alpha value is -1.41. The van der Waals surface area contributed by atoms with Crippen molar-refractivity contribution in [2.24, 2.45) is 0 Å². The summed E-state index contributed by atoms with van der Waals surface area (Å²) in [7, 11) is 0. The van der Waals surface area contributed by atoms with Crippen LogP contribution in [-0.2, 0) is 0 Å². The summed E-state index contributed by atoms with van der Waals surface area (Å²) in [6.07, 6.45) is 3.87. The second-order valence-corrected chi connectivity index (χ2v) is 6.69. The molecule has 3 rings (SSSR count). The molecule has 19 heavy (non-hydrogen) atoms. The second-order valence-electron chi connectivity index (χ2n) is 5.43. The van der Waals surface area contributed by atoms with E-state index >= 15 is 0 Å².